The van der Waals surface area contributed by atoms with Crippen LogP contribution < -0.4 is 0 Å². The molecule has 0 radical (unpaired) electrons. The molecule has 0 fully saturated rings. The van der Waals surface area contributed by atoms with Crippen LogP contribution in [0.5, 0.6) is 11.5 Å². The lowest BCUT2D eigenvalue weighted by atomic mass is 10.3. The summed E-state index contributed by atoms with van der Waals surface area (Å²) < 4.78 is 26.1. The first-order valence-electron chi connectivity index (χ1n) is 5.09. The maximum absolute atomic E-state index is 13.0. The van der Waals surface area contributed by atoms with Crippen molar-refractivity contribution in [2.24, 2.45) is 0 Å². The molecule has 0 saturated carbocycles. The standard InChI is InChI=1S/C12H6Cl2F2O2S2/c13-5-1-7(15)9(17)3-11(5)19-20-12-4-10(18)8(16)2-6(12)14/h1-4,17-18H. The van der Waals surface area contributed by atoms with Crippen molar-refractivity contribution in [1.29, 1.82) is 0 Å². The first-order chi connectivity index (χ1) is 9.38. The molecule has 0 aromatic heterocycles. The highest BCUT2D eigenvalue weighted by atomic mass is 35.5. The van der Waals surface area contributed by atoms with Gasteiger partial charge in [0.1, 0.15) is 0 Å². The van der Waals surface area contributed by atoms with Crippen LogP contribution in [0.4, 0.5) is 8.78 Å². The number of phenolic OH excluding ortho intramolecular Hbond substituents is 2. The molecule has 2 aromatic rings. The van der Waals surface area contributed by atoms with E-state index in [0.29, 0.717) is 9.79 Å². The van der Waals surface area contributed by atoms with Crippen LogP contribution in [0.2, 0.25) is 10.0 Å². The van der Waals surface area contributed by atoms with Crippen LogP contribution in [0, 0.1) is 11.6 Å². The fraction of sp³-hybridized carbons (Fsp3) is 0. The Labute approximate surface area is 131 Å². The maximum Gasteiger partial charge on any atom is 0.166 e. The highest BCUT2D eigenvalue weighted by Crippen LogP contribution is 2.45. The number of halogens is 4. The van der Waals surface area contributed by atoms with Gasteiger partial charge in [0.15, 0.2) is 23.1 Å². The Bertz CT molecular complexity index is 611. The number of hydrogen-bond acceptors (Lipinski definition) is 4. The minimum Gasteiger partial charge on any atom is -0.505 e. The molecule has 0 atom stereocenters. The molecule has 0 heterocycles. The van der Waals surface area contributed by atoms with E-state index in [1.165, 1.54) is 12.1 Å². The van der Waals surface area contributed by atoms with Crippen molar-refractivity contribution in [3.63, 3.8) is 0 Å². The fourth-order valence-electron chi connectivity index (χ4n) is 1.25. The molecule has 0 bridgehead atoms. The van der Waals surface area contributed by atoms with Crippen LogP contribution in [0.3, 0.4) is 0 Å². The van der Waals surface area contributed by atoms with Crippen molar-refractivity contribution in [2.45, 2.75) is 9.79 Å². The smallest absolute Gasteiger partial charge is 0.166 e. The molecular weight excluding hydrogens is 349 g/mol. The number of rotatable bonds is 3. The normalized spacial score (nSPS) is 10.8. The van der Waals surface area contributed by atoms with Crippen LogP contribution in [0.15, 0.2) is 34.1 Å². The number of benzene rings is 2. The van der Waals surface area contributed by atoms with Crippen LogP contribution in [-0.2, 0) is 0 Å². The lowest BCUT2D eigenvalue weighted by Gasteiger charge is -2.07. The van der Waals surface area contributed by atoms with Gasteiger partial charge in [-0.2, -0.15) is 0 Å². The van der Waals surface area contributed by atoms with Gasteiger partial charge in [-0.05, 0) is 24.3 Å². The average molecular weight is 355 g/mol. The third-order valence-corrected chi connectivity index (χ3v) is 5.52. The zero-order valence-electron chi connectivity index (χ0n) is 9.53. The van der Waals surface area contributed by atoms with Gasteiger partial charge in [0.2, 0.25) is 0 Å². The second-order valence-electron chi connectivity index (χ2n) is 3.63. The molecule has 2 nitrogen and oxygen atoms in total. The third-order valence-electron chi connectivity index (χ3n) is 2.22. The van der Waals surface area contributed by atoms with Crippen LogP contribution in [0.25, 0.3) is 0 Å². The molecular formula is C12H6Cl2F2O2S2. The zero-order valence-corrected chi connectivity index (χ0v) is 12.7. The minimum absolute atomic E-state index is 0.125. The predicted octanol–water partition coefficient (Wildman–Crippen LogP) is 5.48. The van der Waals surface area contributed by atoms with Gasteiger partial charge in [0, 0.05) is 9.79 Å². The van der Waals surface area contributed by atoms with Crippen LogP contribution in [0.1, 0.15) is 0 Å². The molecule has 2 N–H and O–H groups in total. The Morgan fingerprint density at radius 1 is 0.750 bits per heavy atom. The largest absolute Gasteiger partial charge is 0.505 e. The third kappa shape index (κ3) is 3.44. The number of hydrogen-bond donors (Lipinski definition) is 2. The van der Waals surface area contributed by atoms with Gasteiger partial charge >= 0.3 is 0 Å². The molecule has 8 heteroatoms. The Hall–Kier alpha value is -0.820. The second-order valence-corrected chi connectivity index (χ2v) is 6.66. The van der Waals surface area contributed by atoms with E-state index in [1.54, 1.807) is 0 Å². The van der Waals surface area contributed by atoms with E-state index in [4.69, 9.17) is 23.2 Å². The monoisotopic (exact) mass is 354 g/mol. The highest BCUT2D eigenvalue weighted by Gasteiger charge is 2.12. The van der Waals surface area contributed by atoms with Crippen molar-refractivity contribution in [3.05, 3.63) is 45.9 Å². The highest BCUT2D eigenvalue weighted by molar-refractivity contribution is 8.76. The molecule has 20 heavy (non-hydrogen) atoms. The summed E-state index contributed by atoms with van der Waals surface area (Å²) in [6.45, 7) is 0. The fourth-order valence-corrected chi connectivity index (χ4v) is 4.20. The summed E-state index contributed by atoms with van der Waals surface area (Å²) in [6.07, 6.45) is 0. The van der Waals surface area contributed by atoms with Gasteiger partial charge in [-0.1, -0.05) is 44.8 Å². The average Bonchev–Trinajstić information content (AvgIpc) is 2.37. The van der Waals surface area contributed by atoms with Crippen molar-refractivity contribution in [3.8, 4) is 11.5 Å². The van der Waals surface area contributed by atoms with Crippen LogP contribution >= 0.6 is 44.8 Å². The van der Waals surface area contributed by atoms with E-state index in [1.807, 2.05) is 0 Å². The molecule has 2 rings (SSSR count). The summed E-state index contributed by atoms with van der Waals surface area (Å²) >= 11 is 11.7. The van der Waals surface area contributed by atoms with E-state index >= 15 is 0 Å². The molecule has 106 valence electrons. The molecule has 0 unspecified atom stereocenters. The molecule has 0 aliphatic heterocycles. The summed E-state index contributed by atoms with van der Waals surface area (Å²) in [5.74, 6) is -2.68. The van der Waals surface area contributed by atoms with Crippen molar-refractivity contribution in [2.75, 3.05) is 0 Å². The maximum atomic E-state index is 13.0. The summed E-state index contributed by atoms with van der Waals surface area (Å²) in [7, 11) is 2.18. The van der Waals surface area contributed by atoms with E-state index in [9.17, 15) is 19.0 Å². The molecule has 0 spiro atoms. The van der Waals surface area contributed by atoms with Gasteiger partial charge < -0.3 is 10.2 Å². The molecule has 0 amide bonds. The Morgan fingerprint density at radius 2 is 1.10 bits per heavy atom. The van der Waals surface area contributed by atoms with Crippen molar-refractivity contribution in [1.82, 2.24) is 0 Å². The lowest BCUT2D eigenvalue weighted by molar-refractivity contribution is 0.430. The molecule has 0 aliphatic rings. The Balaban J connectivity index is 2.21. The lowest BCUT2D eigenvalue weighted by Crippen LogP contribution is -1.81. The van der Waals surface area contributed by atoms with E-state index in [0.717, 1.165) is 33.7 Å². The second kappa shape index (κ2) is 6.30. The van der Waals surface area contributed by atoms with E-state index in [2.05, 4.69) is 0 Å². The van der Waals surface area contributed by atoms with Gasteiger partial charge in [-0.25, -0.2) is 8.78 Å². The molecule has 0 aliphatic carbocycles. The zero-order chi connectivity index (χ0) is 14.9. The van der Waals surface area contributed by atoms with Crippen molar-refractivity contribution < 1.29 is 19.0 Å². The SMILES string of the molecule is Oc1cc(SSc2cc(O)c(F)cc2Cl)c(Cl)cc1F. The quantitative estimate of drug-likeness (QED) is 0.715. The van der Waals surface area contributed by atoms with Gasteiger partial charge in [0.25, 0.3) is 0 Å². The summed E-state index contributed by atoms with van der Waals surface area (Å²) in [5.41, 5.74) is 0. The first-order valence-corrected chi connectivity index (χ1v) is 7.99. The van der Waals surface area contributed by atoms with Gasteiger partial charge in [-0.3, -0.25) is 0 Å². The van der Waals surface area contributed by atoms with E-state index < -0.39 is 23.1 Å². The predicted molar refractivity (Wildman–Crippen MR) is 77.9 cm³/mol. The van der Waals surface area contributed by atoms with Gasteiger partial charge in [-0.15, -0.1) is 0 Å². The first kappa shape index (κ1) is 15.6. The van der Waals surface area contributed by atoms with E-state index in [-0.39, 0.29) is 10.0 Å². The minimum atomic E-state index is -0.818. The Kier molecular flexibility index (Phi) is 4.90. The summed E-state index contributed by atoms with van der Waals surface area (Å²) in [5, 5.41) is 18.8. The number of aromatic hydroxyl groups is 2. The number of phenols is 2. The molecule has 0 saturated heterocycles. The topological polar surface area (TPSA) is 40.5 Å². The van der Waals surface area contributed by atoms with Gasteiger partial charge in [0.05, 0.1) is 10.0 Å². The summed E-state index contributed by atoms with van der Waals surface area (Å²) in [6, 6.07) is 4.33. The summed E-state index contributed by atoms with van der Waals surface area (Å²) in [4.78, 5) is 0.825. The van der Waals surface area contributed by atoms with Crippen LogP contribution in [-0.4, -0.2) is 10.2 Å². The Morgan fingerprint density at radius 3 is 1.45 bits per heavy atom. The molecule has 2 aromatic carbocycles. The van der Waals surface area contributed by atoms with Crippen molar-refractivity contribution >= 4 is 44.8 Å².